The van der Waals surface area contributed by atoms with E-state index in [9.17, 15) is 9.90 Å². The van der Waals surface area contributed by atoms with Crippen LogP contribution in [0.25, 0.3) is 32.7 Å². The SMILES string of the molecule is CC1CC(C)CC2(C1)N=c1ccc3c4c(c/c(=C5\C(=O)C(c6cc7c8c(ccc9c8c6NC6(CC(C)CC(C)C6)N9)CC7)=C5O)c(c14)N2)CC3. The third-order valence-corrected chi connectivity index (χ3v) is 13.5. The molecule has 0 amide bonds. The standard InChI is InChI=1S/C44H46N4O2/c1-21-13-22(2)18-43(17-21)45-31-11-9-25-5-7-27-15-29(39(47-43)37(31)33(25)27)35-41(49)36(42(35)50)30-16-28-8-6-26-10-12-32-38(34(26)28)40(30)48-44(46-32)19-23(3)14-24(4)20-44/h9-12,15-16,21-24,45,47-49H,5-8,13-14,17-20H2,1-4H3/b36-30+. The first-order chi connectivity index (χ1) is 24.1. The van der Waals surface area contributed by atoms with Gasteiger partial charge in [0, 0.05) is 27.2 Å². The first-order valence-corrected chi connectivity index (χ1v) is 19.3. The average Bonchev–Trinajstić information content (AvgIpc) is 3.66. The van der Waals surface area contributed by atoms with Crippen molar-refractivity contribution < 1.29 is 9.90 Å². The number of aryl methyl sites for hydroxylation is 4. The monoisotopic (exact) mass is 662 g/mol. The maximum Gasteiger partial charge on any atom is 0.201 e. The zero-order chi connectivity index (χ0) is 33.8. The molecule has 5 aliphatic carbocycles. The lowest BCUT2D eigenvalue weighted by molar-refractivity contribution is -0.109. The van der Waals surface area contributed by atoms with Gasteiger partial charge in [-0.3, -0.25) is 9.79 Å². The highest BCUT2D eigenvalue weighted by atomic mass is 16.3. The van der Waals surface area contributed by atoms with E-state index in [-0.39, 0.29) is 17.2 Å². The van der Waals surface area contributed by atoms with Gasteiger partial charge < -0.3 is 21.1 Å². The minimum Gasteiger partial charge on any atom is -0.506 e. The van der Waals surface area contributed by atoms with Crippen molar-refractivity contribution in [2.24, 2.45) is 28.7 Å². The number of Topliss-reactive ketones (excluding diaryl/α,β-unsaturated/α-hetero) is 1. The van der Waals surface area contributed by atoms with E-state index in [0.717, 1.165) is 90.0 Å². The van der Waals surface area contributed by atoms with Gasteiger partial charge in [-0.25, -0.2) is 0 Å². The Balaban J connectivity index is 1.14. The van der Waals surface area contributed by atoms with E-state index in [1.807, 2.05) is 0 Å². The maximum atomic E-state index is 14.8. The first-order valence-electron chi connectivity index (χ1n) is 19.3. The van der Waals surface area contributed by atoms with Gasteiger partial charge in [-0.1, -0.05) is 39.8 Å². The van der Waals surface area contributed by atoms with Gasteiger partial charge in [-0.15, -0.1) is 0 Å². The van der Waals surface area contributed by atoms with Crippen molar-refractivity contribution in [1.29, 1.82) is 0 Å². The van der Waals surface area contributed by atoms with E-state index in [1.54, 1.807) is 0 Å². The van der Waals surface area contributed by atoms with Crippen LogP contribution in [-0.4, -0.2) is 22.2 Å². The number of hydrogen-bond donors (Lipinski definition) is 4. The Morgan fingerprint density at radius 2 is 1.28 bits per heavy atom. The molecule has 2 fully saturated rings. The molecule has 2 heterocycles. The summed E-state index contributed by atoms with van der Waals surface area (Å²) in [5.74, 6) is 2.34. The molecule has 0 radical (unpaired) electrons. The molecule has 7 aliphatic rings. The van der Waals surface area contributed by atoms with Crippen molar-refractivity contribution in [3.63, 3.8) is 0 Å². The summed E-state index contributed by atoms with van der Waals surface area (Å²) in [5, 5.41) is 31.0. The minimum absolute atomic E-state index is 0.0528. The molecule has 2 spiro atoms. The smallest absolute Gasteiger partial charge is 0.201 e. The number of aliphatic hydroxyl groups excluding tert-OH is 1. The Labute approximate surface area is 293 Å². The van der Waals surface area contributed by atoms with Gasteiger partial charge in [0.2, 0.25) is 5.78 Å². The van der Waals surface area contributed by atoms with Crippen LogP contribution >= 0.6 is 0 Å². The summed E-state index contributed by atoms with van der Waals surface area (Å²) < 4.78 is 0. The van der Waals surface area contributed by atoms with Crippen molar-refractivity contribution in [3.8, 4) is 0 Å². The lowest BCUT2D eigenvalue weighted by atomic mass is 9.74. The van der Waals surface area contributed by atoms with Gasteiger partial charge >= 0.3 is 0 Å². The second-order valence-corrected chi connectivity index (χ2v) is 17.7. The number of allylic oxidation sites excluding steroid dienone is 2. The van der Waals surface area contributed by atoms with E-state index in [4.69, 9.17) is 4.99 Å². The summed E-state index contributed by atoms with van der Waals surface area (Å²) >= 11 is 0. The van der Waals surface area contributed by atoms with Gasteiger partial charge in [0.05, 0.1) is 27.9 Å². The second-order valence-electron chi connectivity index (χ2n) is 17.7. The molecule has 4 atom stereocenters. The fraction of sp³-hybridized carbons (Fsp3) is 0.455. The van der Waals surface area contributed by atoms with E-state index in [1.165, 1.54) is 51.3 Å². The lowest BCUT2D eigenvalue weighted by Crippen LogP contribution is -2.53. The molecule has 0 aromatic heterocycles. The summed E-state index contributed by atoms with van der Waals surface area (Å²) in [5.41, 5.74) is 9.53. The van der Waals surface area contributed by atoms with E-state index in [0.29, 0.717) is 34.8 Å². The van der Waals surface area contributed by atoms with E-state index >= 15 is 0 Å². The number of benzene rings is 4. The first kappa shape index (κ1) is 29.4. The number of rotatable bonds is 1. The van der Waals surface area contributed by atoms with Gasteiger partial charge in [0.25, 0.3) is 0 Å². The molecule has 4 N–H and O–H groups in total. The number of hydrogen-bond acceptors (Lipinski definition) is 6. The predicted molar refractivity (Wildman–Crippen MR) is 202 cm³/mol. The summed E-state index contributed by atoms with van der Waals surface area (Å²) in [6.07, 6.45) is 10.3. The van der Waals surface area contributed by atoms with Crippen LogP contribution in [0.4, 0.5) is 17.1 Å². The Hall–Kier alpha value is -4.32. The van der Waals surface area contributed by atoms with E-state index < -0.39 is 5.66 Å². The molecule has 4 aromatic rings. The Bertz CT molecular complexity index is 2420. The van der Waals surface area contributed by atoms with Gasteiger partial charge in [0.15, 0.2) is 0 Å². The number of nitrogens with zero attached hydrogens (tertiary/aromatic N) is 1. The van der Waals surface area contributed by atoms with Crippen LogP contribution in [0.3, 0.4) is 0 Å². The van der Waals surface area contributed by atoms with Crippen molar-refractivity contribution in [1.82, 2.24) is 0 Å². The molecule has 11 rings (SSSR count). The van der Waals surface area contributed by atoms with Crippen molar-refractivity contribution in [2.75, 3.05) is 16.0 Å². The number of ketones is 1. The third-order valence-electron chi connectivity index (χ3n) is 13.5. The van der Waals surface area contributed by atoms with Crippen LogP contribution in [0.2, 0.25) is 0 Å². The molecular weight excluding hydrogens is 617 g/mol. The lowest BCUT2D eigenvalue weighted by Gasteiger charge is -2.48. The number of anilines is 3. The van der Waals surface area contributed by atoms with Gasteiger partial charge in [-0.05, 0) is 145 Å². The minimum atomic E-state index is -0.404. The Kier molecular flexibility index (Phi) is 5.71. The molecule has 6 nitrogen and oxygen atoms in total. The molecule has 50 heavy (non-hydrogen) atoms. The zero-order valence-electron chi connectivity index (χ0n) is 29.6. The normalized spacial score (nSPS) is 32.7. The number of carbonyl (C=O) groups is 1. The largest absolute Gasteiger partial charge is 0.506 e. The topological polar surface area (TPSA) is 85.8 Å². The predicted octanol–water partition coefficient (Wildman–Crippen LogP) is 8.08. The average molecular weight is 663 g/mol. The molecule has 0 saturated heterocycles. The summed E-state index contributed by atoms with van der Waals surface area (Å²) in [4.78, 5) is 20.3. The number of nitrogens with one attached hydrogen (secondary N) is 3. The maximum absolute atomic E-state index is 14.8. The van der Waals surface area contributed by atoms with Crippen LogP contribution < -0.4 is 26.5 Å². The van der Waals surface area contributed by atoms with Crippen LogP contribution in [0.5, 0.6) is 0 Å². The summed E-state index contributed by atoms with van der Waals surface area (Å²) in [6, 6.07) is 13.5. The zero-order valence-corrected chi connectivity index (χ0v) is 29.6. The fourth-order valence-electron chi connectivity index (χ4n) is 12.2. The molecule has 4 aromatic carbocycles. The number of aliphatic hydroxyl groups is 1. The molecule has 0 bridgehead atoms. The Morgan fingerprint density at radius 1 is 0.660 bits per heavy atom. The van der Waals surface area contributed by atoms with E-state index in [2.05, 4.69) is 80.0 Å². The van der Waals surface area contributed by atoms with Gasteiger partial charge in [-0.2, -0.15) is 0 Å². The molecule has 4 unspecified atom stereocenters. The fourth-order valence-corrected chi connectivity index (χ4v) is 12.2. The summed E-state index contributed by atoms with van der Waals surface area (Å²) in [6.45, 7) is 9.38. The highest BCUT2D eigenvalue weighted by Gasteiger charge is 2.46. The van der Waals surface area contributed by atoms with Crippen molar-refractivity contribution in [2.45, 2.75) is 103 Å². The quantitative estimate of drug-likeness (QED) is 0.166. The van der Waals surface area contributed by atoms with Crippen molar-refractivity contribution in [3.05, 3.63) is 80.6 Å². The molecular formula is C44H46N4O2. The van der Waals surface area contributed by atoms with Crippen LogP contribution in [-0.2, 0) is 30.5 Å². The van der Waals surface area contributed by atoms with Crippen LogP contribution in [0.1, 0.15) is 94.0 Å². The Morgan fingerprint density at radius 3 is 1.98 bits per heavy atom. The molecule has 6 heteroatoms. The highest BCUT2D eigenvalue weighted by molar-refractivity contribution is 6.52. The van der Waals surface area contributed by atoms with Crippen LogP contribution in [0, 0.1) is 23.7 Å². The van der Waals surface area contributed by atoms with Crippen LogP contribution in [0.15, 0.2) is 47.1 Å². The molecule has 2 saturated carbocycles. The second kappa shape index (κ2) is 9.71. The van der Waals surface area contributed by atoms with Crippen molar-refractivity contribution >= 4 is 55.5 Å². The third kappa shape index (κ3) is 3.85. The molecule has 254 valence electrons. The number of carbonyl (C=O) groups excluding carboxylic acids is 1. The highest BCUT2D eigenvalue weighted by Crippen LogP contribution is 2.53. The summed E-state index contributed by atoms with van der Waals surface area (Å²) in [7, 11) is 0. The molecule has 2 aliphatic heterocycles. The van der Waals surface area contributed by atoms with Gasteiger partial charge in [0.1, 0.15) is 17.1 Å².